The number of aromatic nitrogens is 3. The summed E-state index contributed by atoms with van der Waals surface area (Å²) < 4.78 is 1.79. The quantitative estimate of drug-likeness (QED) is 0.719. The number of thiophene rings is 1. The van der Waals surface area contributed by atoms with Gasteiger partial charge in [0, 0.05) is 4.91 Å². The maximum atomic E-state index is 4.47. The summed E-state index contributed by atoms with van der Waals surface area (Å²) in [4.78, 5) is 2.13. The largest absolute Gasteiger partial charge is 0.217 e. The molecule has 3 heterocycles. The Balaban J connectivity index is 1.68. The highest BCUT2D eigenvalue weighted by atomic mass is 32.2. The van der Waals surface area contributed by atoms with Crippen LogP contribution in [0.25, 0.3) is 16.8 Å². The lowest BCUT2D eigenvalue weighted by Gasteiger charge is -2.09. The molecule has 4 rings (SSSR count). The van der Waals surface area contributed by atoms with Gasteiger partial charge in [0.05, 0.1) is 11.1 Å². The van der Waals surface area contributed by atoms with Crippen LogP contribution in [0.15, 0.2) is 63.0 Å². The zero-order valence-electron chi connectivity index (χ0n) is 10.9. The van der Waals surface area contributed by atoms with Crippen molar-refractivity contribution >= 4 is 35.4 Å². The fourth-order valence-electron chi connectivity index (χ4n) is 2.02. The van der Waals surface area contributed by atoms with Gasteiger partial charge in [-0.05, 0) is 34.8 Å². The van der Waals surface area contributed by atoms with E-state index in [4.69, 9.17) is 0 Å². The van der Waals surface area contributed by atoms with Gasteiger partial charge in [-0.2, -0.15) is 9.78 Å². The topological polar surface area (TPSA) is 43.1 Å². The van der Waals surface area contributed by atoms with Crippen LogP contribution >= 0.6 is 23.1 Å². The third-order valence-electron chi connectivity index (χ3n) is 2.97. The first-order chi connectivity index (χ1) is 10.4. The van der Waals surface area contributed by atoms with Gasteiger partial charge < -0.3 is 0 Å². The molecule has 0 spiro atoms. The van der Waals surface area contributed by atoms with Gasteiger partial charge in [0.15, 0.2) is 5.82 Å². The van der Waals surface area contributed by atoms with Crippen molar-refractivity contribution in [3.63, 3.8) is 0 Å². The molecular weight excluding hydrogens is 300 g/mol. The van der Waals surface area contributed by atoms with Crippen molar-refractivity contribution in [2.45, 2.75) is 5.16 Å². The zero-order chi connectivity index (χ0) is 14.1. The fourth-order valence-corrected chi connectivity index (χ4v) is 3.52. The van der Waals surface area contributed by atoms with Crippen LogP contribution in [-0.4, -0.2) is 21.1 Å². The molecule has 4 nitrogen and oxygen atoms in total. The maximum absolute atomic E-state index is 4.47. The Morgan fingerprint density at radius 1 is 1.00 bits per heavy atom. The Labute approximate surface area is 129 Å². The van der Waals surface area contributed by atoms with Crippen LogP contribution in [0.3, 0.4) is 0 Å². The minimum Gasteiger partial charge on any atom is -0.186 e. The molecule has 102 valence electrons. The predicted molar refractivity (Wildman–Crippen MR) is 87.5 cm³/mol. The molecule has 0 unspecified atom stereocenters. The Bertz CT molecular complexity index is 817. The summed E-state index contributed by atoms with van der Waals surface area (Å²) in [6.45, 7) is 0. The van der Waals surface area contributed by atoms with E-state index in [2.05, 4.69) is 33.5 Å². The smallest absolute Gasteiger partial charge is 0.186 e. The monoisotopic (exact) mass is 310 g/mol. The first kappa shape index (κ1) is 12.6. The molecule has 0 aliphatic carbocycles. The van der Waals surface area contributed by atoms with Crippen molar-refractivity contribution in [3.05, 3.63) is 58.3 Å². The second kappa shape index (κ2) is 5.31. The summed E-state index contributed by atoms with van der Waals surface area (Å²) in [6.07, 6.45) is 3.95. The van der Waals surface area contributed by atoms with Crippen molar-refractivity contribution in [3.8, 4) is 10.7 Å². The minimum absolute atomic E-state index is 0.794. The van der Waals surface area contributed by atoms with Gasteiger partial charge in [0.2, 0.25) is 5.16 Å². The molecule has 0 radical (unpaired) electrons. The Morgan fingerprint density at radius 3 is 2.71 bits per heavy atom. The molecule has 0 atom stereocenters. The third-order valence-corrected chi connectivity index (χ3v) is 4.73. The van der Waals surface area contributed by atoms with Crippen molar-refractivity contribution in [1.82, 2.24) is 14.9 Å². The Kier molecular flexibility index (Phi) is 3.17. The van der Waals surface area contributed by atoms with Gasteiger partial charge in [0.1, 0.15) is 0 Å². The molecule has 1 aliphatic rings. The molecule has 1 aromatic carbocycles. The standard InChI is InChI=1S/C15H10N4S2/c1-2-5-11(6-3-1)9-12-10-16-19-14(13-7-4-8-20-13)17-18-15(19)21-12/h1-10H/b12-9+. The van der Waals surface area contributed by atoms with E-state index in [1.54, 1.807) is 27.8 Å². The molecule has 21 heavy (non-hydrogen) atoms. The lowest BCUT2D eigenvalue weighted by Crippen LogP contribution is -2.00. The fraction of sp³-hybridized carbons (Fsp3) is 0. The summed E-state index contributed by atoms with van der Waals surface area (Å²) in [5.74, 6) is 0.794. The molecule has 0 bridgehead atoms. The maximum Gasteiger partial charge on any atom is 0.217 e. The van der Waals surface area contributed by atoms with Gasteiger partial charge >= 0.3 is 0 Å². The van der Waals surface area contributed by atoms with Crippen LogP contribution in [0.2, 0.25) is 0 Å². The van der Waals surface area contributed by atoms with Crippen LogP contribution < -0.4 is 0 Å². The summed E-state index contributed by atoms with van der Waals surface area (Å²) >= 11 is 3.21. The van der Waals surface area contributed by atoms with Gasteiger partial charge in [-0.25, -0.2) is 0 Å². The van der Waals surface area contributed by atoms with Crippen LogP contribution in [0.1, 0.15) is 5.56 Å². The second-order valence-corrected chi connectivity index (χ2v) is 6.39. The van der Waals surface area contributed by atoms with Gasteiger partial charge in [-0.15, -0.1) is 21.5 Å². The molecule has 0 N–H and O–H groups in total. The lowest BCUT2D eigenvalue weighted by atomic mass is 10.2. The Morgan fingerprint density at radius 2 is 1.90 bits per heavy atom. The molecule has 3 aromatic rings. The van der Waals surface area contributed by atoms with Gasteiger partial charge in [0.25, 0.3) is 0 Å². The van der Waals surface area contributed by atoms with Crippen LogP contribution in [0, 0.1) is 0 Å². The molecule has 6 heteroatoms. The van der Waals surface area contributed by atoms with Crippen molar-refractivity contribution < 1.29 is 0 Å². The first-order valence-electron chi connectivity index (χ1n) is 6.38. The average Bonchev–Trinajstić information content (AvgIpc) is 3.16. The van der Waals surface area contributed by atoms with Crippen LogP contribution in [0.4, 0.5) is 0 Å². The van der Waals surface area contributed by atoms with E-state index in [-0.39, 0.29) is 0 Å². The van der Waals surface area contributed by atoms with E-state index < -0.39 is 0 Å². The highest BCUT2D eigenvalue weighted by molar-refractivity contribution is 8.04. The highest BCUT2D eigenvalue weighted by Crippen LogP contribution is 2.33. The van der Waals surface area contributed by atoms with E-state index in [1.165, 1.54) is 0 Å². The number of benzene rings is 1. The Hall–Kier alpha value is -2.18. The highest BCUT2D eigenvalue weighted by Gasteiger charge is 2.18. The third kappa shape index (κ3) is 2.43. The number of hydrogen-bond donors (Lipinski definition) is 0. The van der Waals surface area contributed by atoms with E-state index in [0.717, 1.165) is 26.3 Å². The van der Waals surface area contributed by atoms with E-state index in [9.17, 15) is 0 Å². The number of rotatable bonds is 2. The minimum atomic E-state index is 0.794. The normalized spacial score (nSPS) is 15.3. The molecular formula is C15H10N4S2. The molecule has 0 amide bonds. The lowest BCUT2D eigenvalue weighted by molar-refractivity contribution is 0.771. The summed E-state index contributed by atoms with van der Waals surface area (Å²) in [6, 6.07) is 14.2. The molecule has 0 saturated carbocycles. The number of hydrogen-bond acceptors (Lipinski definition) is 5. The zero-order valence-corrected chi connectivity index (χ0v) is 12.5. The summed E-state index contributed by atoms with van der Waals surface area (Å²) in [5.41, 5.74) is 1.15. The number of allylic oxidation sites excluding steroid dienone is 1. The van der Waals surface area contributed by atoms with Crippen LogP contribution in [-0.2, 0) is 0 Å². The van der Waals surface area contributed by atoms with Gasteiger partial charge in [-0.1, -0.05) is 36.4 Å². The predicted octanol–water partition coefficient (Wildman–Crippen LogP) is 3.99. The van der Waals surface area contributed by atoms with Crippen molar-refractivity contribution in [2.75, 3.05) is 0 Å². The van der Waals surface area contributed by atoms with E-state index >= 15 is 0 Å². The van der Waals surface area contributed by atoms with Crippen LogP contribution in [0.5, 0.6) is 0 Å². The van der Waals surface area contributed by atoms with E-state index in [1.807, 2.05) is 41.9 Å². The molecule has 2 aromatic heterocycles. The molecule has 0 saturated heterocycles. The number of nitrogens with zero attached hydrogens (tertiary/aromatic N) is 4. The summed E-state index contributed by atoms with van der Waals surface area (Å²) in [5, 5.41) is 15.8. The SMILES string of the molecule is C1=Nn2c(nnc2-c2cccs2)S/C1=C/c1ccccc1. The first-order valence-corrected chi connectivity index (χ1v) is 8.08. The van der Waals surface area contributed by atoms with E-state index in [0.29, 0.717) is 0 Å². The average molecular weight is 310 g/mol. The van der Waals surface area contributed by atoms with Crippen molar-refractivity contribution in [2.24, 2.45) is 5.10 Å². The molecule has 0 fully saturated rings. The number of thioether (sulfide) groups is 1. The van der Waals surface area contributed by atoms with Crippen molar-refractivity contribution in [1.29, 1.82) is 0 Å². The second-order valence-electron chi connectivity index (χ2n) is 4.40. The summed E-state index contributed by atoms with van der Waals surface area (Å²) in [7, 11) is 0. The number of fused-ring (bicyclic) bond motifs is 1. The van der Waals surface area contributed by atoms with Gasteiger partial charge in [-0.3, -0.25) is 0 Å². The molecule has 1 aliphatic heterocycles.